The Hall–Kier alpha value is -1.95. The molecular formula is C15H21N3O3. The molecule has 1 aromatic rings. The molecule has 0 fully saturated rings. The number of carbonyl (C=O) groups is 2. The number of nitrogens with two attached hydrogens (primary N) is 1. The number of rotatable bonds is 4. The molecule has 0 spiro atoms. The van der Waals surface area contributed by atoms with Crippen molar-refractivity contribution in [1.29, 1.82) is 0 Å². The number of aromatic nitrogens is 1. The Morgan fingerprint density at radius 3 is 2.86 bits per heavy atom. The number of pyridine rings is 1. The zero-order chi connectivity index (χ0) is 15.6. The number of nitrogens with zero attached hydrogens (tertiary/aromatic N) is 2. The number of hydrogen-bond donors (Lipinski definition) is 1. The van der Waals surface area contributed by atoms with Crippen LogP contribution in [0.3, 0.4) is 0 Å². The molecule has 1 amide bonds. The van der Waals surface area contributed by atoms with E-state index in [1.54, 1.807) is 19.2 Å². The number of amides is 1. The van der Waals surface area contributed by atoms with Gasteiger partial charge in [-0.2, -0.15) is 0 Å². The lowest BCUT2D eigenvalue weighted by Crippen LogP contribution is -2.52. The average Bonchev–Trinajstić information content (AvgIpc) is 2.85. The highest BCUT2D eigenvalue weighted by molar-refractivity contribution is 6.03. The summed E-state index contributed by atoms with van der Waals surface area (Å²) in [4.78, 5) is 30.4. The van der Waals surface area contributed by atoms with E-state index in [2.05, 4.69) is 4.98 Å². The standard InChI is InChI=1S/C15H21N3O3/c1-4-21-15(20)11-8-10-6-5-7-17-13(10)18(11)14(19)12(16)9(2)3/h5-7,9,11-12H,4,8,16H2,1-3H3/t11?,12-/m0/s1. The minimum Gasteiger partial charge on any atom is -0.464 e. The SMILES string of the molecule is CCOC(=O)C1Cc2cccnc2N1C(=O)[C@@H](N)C(C)C. The van der Waals surface area contributed by atoms with E-state index in [1.807, 2.05) is 19.9 Å². The molecule has 0 radical (unpaired) electrons. The van der Waals surface area contributed by atoms with Gasteiger partial charge in [-0.1, -0.05) is 19.9 Å². The van der Waals surface area contributed by atoms with Crippen LogP contribution in [-0.2, 0) is 20.7 Å². The van der Waals surface area contributed by atoms with E-state index in [-0.39, 0.29) is 18.4 Å². The van der Waals surface area contributed by atoms with Gasteiger partial charge in [0.1, 0.15) is 11.9 Å². The first-order chi connectivity index (χ1) is 9.97. The molecule has 2 N–H and O–H groups in total. The maximum absolute atomic E-state index is 12.6. The van der Waals surface area contributed by atoms with Gasteiger partial charge in [-0.15, -0.1) is 0 Å². The van der Waals surface area contributed by atoms with Crippen molar-refractivity contribution in [2.45, 2.75) is 39.3 Å². The molecule has 6 nitrogen and oxygen atoms in total. The van der Waals surface area contributed by atoms with Crippen molar-refractivity contribution in [3.8, 4) is 0 Å². The highest BCUT2D eigenvalue weighted by atomic mass is 16.5. The second kappa shape index (κ2) is 6.22. The molecule has 2 rings (SSSR count). The van der Waals surface area contributed by atoms with E-state index >= 15 is 0 Å². The minimum absolute atomic E-state index is 0.0203. The van der Waals surface area contributed by atoms with Crippen LogP contribution in [0.25, 0.3) is 0 Å². The summed E-state index contributed by atoms with van der Waals surface area (Å²) < 4.78 is 5.08. The van der Waals surface area contributed by atoms with Crippen LogP contribution in [0.2, 0.25) is 0 Å². The molecule has 0 saturated carbocycles. The van der Waals surface area contributed by atoms with E-state index < -0.39 is 18.1 Å². The van der Waals surface area contributed by atoms with Gasteiger partial charge >= 0.3 is 5.97 Å². The maximum atomic E-state index is 12.6. The molecule has 1 aliphatic heterocycles. The Bertz CT molecular complexity index is 545. The van der Waals surface area contributed by atoms with Crippen LogP contribution in [0.15, 0.2) is 18.3 Å². The molecule has 0 bridgehead atoms. The molecule has 0 saturated heterocycles. The van der Waals surface area contributed by atoms with Crippen LogP contribution in [0, 0.1) is 5.92 Å². The van der Waals surface area contributed by atoms with Gasteiger partial charge in [-0.05, 0) is 24.5 Å². The largest absolute Gasteiger partial charge is 0.464 e. The third-order valence-corrected chi connectivity index (χ3v) is 3.62. The van der Waals surface area contributed by atoms with E-state index in [1.165, 1.54) is 4.90 Å². The predicted molar refractivity (Wildman–Crippen MR) is 78.7 cm³/mol. The lowest BCUT2D eigenvalue weighted by Gasteiger charge is -2.27. The Labute approximate surface area is 124 Å². The zero-order valence-electron chi connectivity index (χ0n) is 12.6. The predicted octanol–water partition coefficient (Wildman–Crippen LogP) is 0.886. The lowest BCUT2D eigenvalue weighted by molar-refractivity contribution is -0.145. The molecule has 6 heteroatoms. The first-order valence-corrected chi connectivity index (χ1v) is 7.16. The fraction of sp³-hybridized carbons (Fsp3) is 0.533. The van der Waals surface area contributed by atoms with Gasteiger partial charge in [0, 0.05) is 12.6 Å². The van der Waals surface area contributed by atoms with Gasteiger partial charge in [0.2, 0.25) is 5.91 Å². The van der Waals surface area contributed by atoms with E-state index in [4.69, 9.17) is 10.5 Å². The first kappa shape index (κ1) is 15.4. The first-order valence-electron chi connectivity index (χ1n) is 7.16. The van der Waals surface area contributed by atoms with Gasteiger partial charge in [-0.25, -0.2) is 9.78 Å². The topological polar surface area (TPSA) is 85.5 Å². The van der Waals surface area contributed by atoms with Crippen molar-refractivity contribution in [1.82, 2.24) is 4.98 Å². The average molecular weight is 291 g/mol. The summed E-state index contributed by atoms with van der Waals surface area (Å²) in [5.74, 6) is -0.218. The molecule has 21 heavy (non-hydrogen) atoms. The van der Waals surface area contributed by atoms with Crippen LogP contribution in [0.5, 0.6) is 0 Å². The third-order valence-electron chi connectivity index (χ3n) is 3.62. The van der Waals surface area contributed by atoms with Gasteiger partial charge in [0.05, 0.1) is 12.6 Å². The zero-order valence-corrected chi connectivity index (χ0v) is 12.6. The highest BCUT2D eigenvalue weighted by Gasteiger charge is 2.42. The molecule has 1 aromatic heterocycles. The van der Waals surface area contributed by atoms with Crippen molar-refractivity contribution in [3.05, 3.63) is 23.9 Å². The molecule has 0 aliphatic carbocycles. The van der Waals surface area contributed by atoms with Crippen LogP contribution >= 0.6 is 0 Å². The van der Waals surface area contributed by atoms with Crippen molar-refractivity contribution in [3.63, 3.8) is 0 Å². The Kier molecular flexibility index (Phi) is 4.57. The van der Waals surface area contributed by atoms with Gasteiger partial charge in [0.25, 0.3) is 0 Å². The quantitative estimate of drug-likeness (QED) is 0.833. The van der Waals surface area contributed by atoms with Crippen LogP contribution in [0.4, 0.5) is 5.82 Å². The van der Waals surface area contributed by atoms with Crippen LogP contribution in [-0.4, -0.2) is 35.6 Å². The number of carbonyl (C=O) groups excluding carboxylic acids is 2. The number of fused-ring (bicyclic) bond motifs is 1. The summed E-state index contributed by atoms with van der Waals surface area (Å²) in [7, 11) is 0. The monoisotopic (exact) mass is 291 g/mol. The van der Waals surface area contributed by atoms with E-state index in [0.717, 1.165) is 5.56 Å². The Morgan fingerprint density at radius 1 is 1.52 bits per heavy atom. The summed E-state index contributed by atoms with van der Waals surface area (Å²) in [6.07, 6.45) is 2.02. The van der Waals surface area contributed by atoms with Gasteiger partial charge in [0.15, 0.2) is 0 Å². The number of esters is 1. The Balaban J connectivity index is 2.36. The normalized spacial score (nSPS) is 18.5. The second-order valence-electron chi connectivity index (χ2n) is 5.44. The number of hydrogen-bond acceptors (Lipinski definition) is 5. The fourth-order valence-electron chi connectivity index (χ4n) is 2.38. The van der Waals surface area contributed by atoms with Gasteiger partial charge < -0.3 is 10.5 Å². The molecule has 2 atom stereocenters. The summed E-state index contributed by atoms with van der Waals surface area (Å²) in [6, 6.07) is 2.31. The van der Waals surface area contributed by atoms with E-state index in [0.29, 0.717) is 12.2 Å². The van der Waals surface area contributed by atoms with Gasteiger partial charge in [-0.3, -0.25) is 9.69 Å². The summed E-state index contributed by atoms with van der Waals surface area (Å²) in [6.45, 7) is 5.76. The highest BCUT2D eigenvalue weighted by Crippen LogP contribution is 2.31. The molecular weight excluding hydrogens is 270 g/mol. The minimum atomic E-state index is -0.674. The Morgan fingerprint density at radius 2 is 2.24 bits per heavy atom. The smallest absolute Gasteiger partial charge is 0.329 e. The summed E-state index contributed by atoms with van der Waals surface area (Å²) in [5.41, 5.74) is 6.82. The number of anilines is 1. The van der Waals surface area contributed by atoms with Crippen LogP contribution in [0.1, 0.15) is 26.3 Å². The third kappa shape index (κ3) is 2.90. The van der Waals surface area contributed by atoms with E-state index in [9.17, 15) is 9.59 Å². The van der Waals surface area contributed by atoms with Crippen molar-refractivity contribution in [2.24, 2.45) is 11.7 Å². The van der Waals surface area contributed by atoms with Crippen LogP contribution < -0.4 is 10.6 Å². The summed E-state index contributed by atoms with van der Waals surface area (Å²) >= 11 is 0. The molecule has 0 aromatic carbocycles. The van der Waals surface area contributed by atoms with Crippen molar-refractivity contribution >= 4 is 17.7 Å². The molecule has 2 heterocycles. The summed E-state index contributed by atoms with van der Waals surface area (Å²) in [5, 5.41) is 0. The molecule has 1 aliphatic rings. The molecule has 1 unspecified atom stereocenters. The molecule has 114 valence electrons. The number of ether oxygens (including phenoxy) is 1. The fourth-order valence-corrected chi connectivity index (χ4v) is 2.38. The van der Waals surface area contributed by atoms with Crippen molar-refractivity contribution in [2.75, 3.05) is 11.5 Å². The second-order valence-corrected chi connectivity index (χ2v) is 5.44. The maximum Gasteiger partial charge on any atom is 0.329 e. The lowest BCUT2D eigenvalue weighted by atomic mass is 10.0. The van der Waals surface area contributed by atoms with Crippen molar-refractivity contribution < 1.29 is 14.3 Å².